The Morgan fingerprint density at radius 3 is 1.57 bits per heavy atom. The average Bonchev–Trinajstić information content (AvgIpc) is 3.13. The molecule has 1 saturated heterocycles. The summed E-state index contributed by atoms with van der Waals surface area (Å²) in [6.07, 6.45) is 4.27. The lowest BCUT2D eigenvalue weighted by molar-refractivity contribution is -0.136. The van der Waals surface area contributed by atoms with Crippen LogP contribution in [0.1, 0.15) is 60.0 Å². The van der Waals surface area contributed by atoms with Gasteiger partial charge in [-0.05, 0) is 123 Å². The zero-order valence-electron chi connectivity index (χ0n) is 29.1. The standard InChI is InChI=1S/C41H49F2N3O3/c1-45(24-20-30-8-5-10-36(26-30)48-3)38(32-12-16-34(42)17-13-32)28-41(22-7-23-44-40(41)47)29-39(33-14-18-35(43)19-15-33)46(2)25-21-31-9-6-11-37(27-31)49-4/h5-6,8-19,26-27,38-39H,7,20-25,28-29H2,1-4H3,(H,44,47). The number of ether oxygens (including phenoxy) is 2. The van der Waals surface area contributed by atoms with E-state index < -0.39 is 5.41 Å². The van der Waals surface area contributed by atoms with Crippen molar-refractivity contribution in [3.63, 3.8) is 0 Å². The van der Waals surface area contributed by atoms with Crippen molar-refractivity contribution < 1.29 is 23.0 Å². The third-order valence-corrected chi connectivity index (χ3v) is 10.1. The van der Waals surface area contributed by atoms with Crippen LogP contribution in [0, 0.1) is 17.0 Å². The van der Waals surface area contributed by atoms with Crippen molar-refractivity contribution in [1.29, 1.82) is 0 Å². The number of piperidine rings is 1. The molecule has 0 saturated carbocycles. The minimum absolute atomic E-state index is 0.0420. The molecule has 1 amide bonds. The van der Waals surface area contributed by atoms with Gasteiger partial charge in [-0.2, -0.15) is 0 Å². The van der Waals surface area contributed by atoms with Crippen LogP contribution < -0.4 is 14.8 Å². The van der Waals surface area contributed by atoms with E-state index in [-0.39, 0.29) is 29.6 Å². The third-order valence-electron chi connectivity index (χ3n) is 10.1. The molecule has 1 heterocycles. The fourth-order valence-corrected chi connectivity index (χ4v) is 7.15. The van der Waals surface area contributed by atoms with Crippen molar-refractivity contribution in [3.05, 3.63) is 131 Å². The van der Waals surface area contributed by atoms with Crippen LogP contribution in [0.5, 0.6) is 11.5 Å². The van der Waals surface area contributed by atoms with Gasteiger partial charge in [0.25, 0.3) is 0 Å². The van der Waals surface area contributed by atoms with Crippen LogP contribution in [0.4, 0.5) is 8.78 Å². The Bertz CT molecular complexity index is 1540. The van der Waals surface area contributed by atoms with Gasteiger partial charge in [-0.15, -0.1) is 0 Å². The molecule has 0 bridgehead atoms. The molecule has 2 unspecified atom stereocenters. The monoisotopic (exact) mass is 669 g/mol. The van der Waals surface area contributed by atoms with Crippen LogP contribution in [0.15, 0.2) is 97.1 Å². The minimum atomic E-state index is -0.717. The Kier molecular flexibility index (Phi) is 12.4. The highest BCUT2D eigenvalue weighted by atomic mass is 19.1. The second-order valence-corrected chi connectivity index (χ2v) is 13.3. The molecule has 0 spiro atoms. The molecule has 49 heavy (non-hydrogen) atoms. The number of halogens is 2. The van der Waals surface area contributed by atoms with Crippen molar-refractivity contribution in [1.82, 2.24) is 15.1 Å². The van der Waals surface area contributed by atoms with Gasteiger partial charge in [-0.1, -0.05) is 48.5 Å². The fourth-order valence-electron chi connectivity index (χ4n) is 7.15. The van der Waals surface area contributed by atoms with E-state index in [4.69, 9.17) is 9.47 Å². The first-order valence-electron chi connectivity index (χ1n) is 17.2. The number of nitrogens with one attached hydrogen (secondary N) is 1. The molecule has 4 aromatic carbocycles. The second kappa shape index (κ2) is 16.9. The molecule has 1 aliphatic heterocycles. The number of hydrogen-bond donors (Lipinski definition) is 1. The third kappa shape index (κ3) is 9.46. The van der Waals surface area contributed by atoms with Crippen LogP contribution in [0.25, 0.3) is 0 Å². The van der Waals surface area contributed by atoms with Crippen LogP contribution in [0.2, 0.25) is 0 Å². The van der Waals surface area contributed by atoms with Crippen molar-refractivity contribution in [3.8, 4) is 11.5 Å². The first-order valence-corrected chi connectivity index (χ1v) is 17.2. The van der Waals surface area contributed by atoms with Gasteiger partial charge >= 0.3 is 0 Å². The van der Waals surface area contributed by atoms with Crippen LogP contribution in [0.3, 0.4) is 0 Å². The van der Waals surface area contributed by atoms with Gasteiger partial charge in [0.2, 0.25) is 5.91 Å². The second-order valence-electron chi connectivity index (χ2n) is 13.3. The minimum Gasteiger partial charge on any atom is -0.497 e. The largest absolute Gasteiger partial charge is 0.497 e. The van der Waals surface area contributed by atoms with Gasteiger partial charge in [-0.3, -0.25) is 14.6 Å². The molecule has 1 N–H and O–H groups in total. The first-order chi connectivity index (χ1) is 23.7. The van der Waals surface area contributed by atoms with Crippen molar-refractivity contribution in [2.75, 3.05) is 47.9 Å². The zero-order chi connectivity index (χ0) is 34.8. The van der Waals surface area contributed by atoms with Gasteiger partial charge in [0.1, 0.15) is 23.1 Å². The Morgan fingerprint density at radius 2 is 1.16 bits per heavy atom. The predicted molar refractivity (Wildman–Crippen MR) is 191 cm³/mol. The smallest absolute Gasteiger partial charge is 0.226 e. The number of nitrogens with zero attached hydrogens (tertiary/aromatic N) is 2. The molecule has 4 aromatic rings. The Balaban J connectivity index is 1.46. The van der Waals surface area contributed by atoms with E-state index in [1.807, 2.05) is 60.7 Å². The summed E-state index contributed by atoms with van der Waals surface area (Å²) in [5.41, 5.74) is 3.53. The summed E-state index contributed by atoms with van der Waals surface area (Å²) >= 11 is 0. The number of carbonyl (C=O) groups excluding carboxylic acids is 1. The van der Waals surface area contributed by atoms with E-state index in [9.17, 15) is 13.6 Å². The lowest BCUT2D eigenvalue weighted by Gasteiger charge is -2.44. The molecule has 0 aliphatic carbocycles. The molecule has 8 heteroatoms. The van der Waals surface area contributed by atoms with Crippen LogP contribution >= 0.6 is 0 Å². The molecule has 5 rings (SSSR count). The summed E-state index contributed by atoms with van der Waals surface area (Å²) in [6, 6.07) is 29.2. The first kappa shape index (κ1) is 36.0. The quantitative estimate of drug-likeness (QED) is 0.132. The topological polar surface area (TPSA) is 54.0 Å². The van der Waals surface area contributed by atoms with E-state index in [0.717, 1.165) is 72.5 Å². The number of benzene rings is 4. The van der Waals surface area contributed by atoms with E-state index in [1.54, 1.807) is 14.2 Å². The average molecular weight is 670 g/mol. The molecule has 0 radical (unpaired) electrons. The summed E-state index contributed by atoms with van der Waals surface area (Å²) in [6.45, 7) is 2.10. The lowest BCUT2D eigenvalue weighted by Crippen LogP contribution is -2.49. The zero-order valence-corrected chi connectivity index (χ0v) is 29.1. The maximum atomic E-state index is 14.2. The fraction of sp³-hybridized carbons (Fsp3) is 0.390. The van der Waals surface area contributed by atoms with E-state index in [0.29, 0.717) is 19.4 Å². The summed E-state index contributed by atoms with van der Waals surface area (Å²) in [5.74, 6) is 1.09. The molecular weight excluding hydrogens is 620 g/mol. The highest BCUT2D eigenvalue weighted by Crippen LogP contribution is 2.46. The Hall–Kier alpha value is -4.27. The van der Waals surface area contributed by atoms with E-state index in [2.05, 4.69) is 41.3 Å². The highest BCUT2D eigenvalue weighted by molar-refractivity contribution is 5.83. The molecule has 1 aliphatic rings. The SMILES string of the molecule is COc1cccc(CCN(C)C(CC2(CC(c3ccc(F)cc3)N(C)CCc3cccc(OC)c3)CCCNC2=O)c2ccc(F)cc2)c1. The van der Waals surface area contributed by atoms with Crippen LogP contribution in [-0.4, -0.2) is 63.7 Å². The molecule has 260 valence electrons. The summed E-state index contributed by atoms with van der Waals surface area (Å²) in [4.78, 5) is 18.8. The summed E-state index contributed by atoms with van der Waals surface area (Å²) in [7, 11) is 7.50. The molecule has 1 fully saturated rings. The van der Waals surface area contributed by atoms with Crippen LogP contribution in [-0.2, 0) is 17.6 Å². The van der Waals surface area contributed by atoms with Crippen molar-refractivity contribution >= 4 is 5.91 Å². The number of amides is 1. The number of rotatable bonds is 16. The van der Waals surface area contributed by atoms with Gasteiger partial charge < -0.3 is 14.8 Å². The Labute approximate surface area is 290 Å². The normalized spacial score (nSPS) is 17.5. The lowest BCUT2D eigenvalue weighted by atomic mass is 9.68. The predicted octanol–water partition coefficient (Wildman–Crippen LogP) is 7.79. The van der Waals surface area contributed by atoms with Gasteiger partial charge in [-0.25, -0.2) is 8.78 Å². The van der Waals surface area contributed by atoms with Crippen molar-refractivity contribution in [2.24, 2.45) is 5.41 Å². The maximum absolute atomic E-state index is 14.2. The molecular formula is C41H49F2N3O3. The number of likely N-dealkylation sites (N-methyl/N-ethyl adjacent to an activating group) is 2. The Morgan fingerprint density at radius 1 is 0.714 bits per heavy atom. The summed E-state index contributed by atoms with van der Waals surface area (Å²) in [5, 5.41) is 3.20. The highest BCUT2D eigenvalue weighted by Gasteiger charge is 2.45. The van der Waals surface area contributed by atoms with E-state index in [1.165, 1.54) is 24.3 Å². The maximum Gasteiger partial charge on any atom is 0.226 e. The number of methoxy groups -OCH3 is 2. The molecule has 6 nitrogen and oxygen atoms in total. The number of carbonyl (C=O) groups is 1. The summed E-state index contributed by atoms with van der Waals surface area (Å²) < 4.78 is 39.2. The van der Waals surface area contributed by atoms with Gasteiger partial charge in [0, 0.05) is 31.7 Å². The molecule has 0 aromatic heterocycles. The van der Waals surface area contributed by atoms with Gasteiger partial charge in [0.15, 0.2) is 0 Å². The molecule has 2 atom stereocenters. The van der Waals surface area contributed by atoms with E-state index >= 15 is 0 Å². The van der Waals surface area contributed by atoms with Crippen molar-refractivity contribution in [2.45, 2.75) is 50.6 Å². The number of hydrogen-bond acceptors (Lipinski definition) is 5. The van der Waals surface area contributed by atoms with Gasteiger partial charge in [0.05, 0.1) is 19.6 Å².